The van der Waals surface area contributed by atoms with Gasteiger partial charge in [0.1, 0.15) is 11.5 Å². The van der Waals surface area contributed by atoms with Gasteiger partial charge >= 0.3 is 0 Å². The normalized spacial score (nSPS) is 13.0. The third-order valence-electron chi connectivity index (χ3n) is 3.24. The largest absolute Gasteiger partial charge is 0.505 e. The number of furan rings is 1. The molecule has 0 saturated heterocycles. The van der Waals surface area contributed by atoms with E-state index in [9.17, 15) is 9.50 Å². The Morgan fingerprint density at radius 1 is 1.36 bits per heavy atom. The van der Waals surface area contributed by atoms with E-state index < -0.39 is 5.82 Å². The monoisotopic (exact) mass is 305 g/mol. The van der Waals surface area contributed by atoms with Gasteiger partial charge in [0.2, 0.25) is 0 Å². The maximum atomic E-state index is 13.3. The first-order valence-electron chi connectivity index (χ1n) is 7.00. The summed E-state index contributed by atoms with van der Waals surface area (Å²) in [6.45, 7) is 4.24. The molecule has 1 heterocycles. The molecule has 1 unspecified atom stereocenters. The number of nitrogens with zero attached hydrogens (tertiary/aromatic N) is 1. The Balaban J connectivity index is 1.93. The minimum atomic E-state index is -0.637. The summed E-state index contributed by atoms with van der Waals surface area (Å²) in [6, 6.07) is 8.04. The number of aryl methyl sites for hydroxylation is 1. The molecule has 0 radical (unpaired) electrons. The van der Waals surface area contributed by atoms with Crippen LogP contribution in [0.4, 0.5) is 4.39 Å². The fourth-order valence-electron chi connectivity index (χ4n) is 2.00. The number of guanidine groups is 1. The molecule has 1 atom stereocenters. The van der Waals surface area contributed by atoms with E-state index in [2.05, 4.69) is 15.6 Å². The molecule has 0 aliphatic carbocycles. The first-order chi connectivity index (χ1) is 10.5. The van der Waals surface area contributed by atoms with Crippen LogP contribution in [0, 0.1) is 12.7 Å². The number of hydrogen-bond acceptors (Lipinski definition) is 3. The highest BCUT2D eigenvalue weighted by Crippen LogP contribution is 2.17. The molecule has 0 aliphatic rings. The van der Waals surface area contributed by atoms with Crippen LogP contribution in [0.25, 0.3) is 0 Å². The van der Waals surface area contributed by atoms with Gasteiger partial charge in [-0.2, -0.15) is 0 Å². The van der Waals surface area contributed by atoms with Crippen molar-refractivity contribution in [3.8, 4) is 5.75 Å². The van der Waals surface area contributed by atoms with Crippen molar-refractivity contribution >= 4 is 5.96 Å². The van der Waals surface area contributed by atoms with Crippen molar-refractivity contribution in [2.75, 3.05) is 7.05 Å². The fraction of sp³-hybridized carbons (Fsp3) is 0.312. The third kappa shape index (κ3) is 4.00. The predicted molar refractivity (Wildman–Crippen MR) is 83.3 cm³/mol. The molecule has 118 valence electrons. The number of phenolic OH excluding ortho intramolecular Hbond substituents is 1. The van der Waals surface area contributed by atoms with Crippen LogP contribution in [-0.2, 0) is 6.54 Å². The molecule has 0 aliphatic heterocycles. The van der Waals surface area contributed by atoms with Crippen LogP contribution in [0.3, 0.4) is 0 Å². The number of hydrogen-bond donors (Lipinski definition) is 3. The van der Waals surface area contributed by atoms with Crippen LogP contribution in [0.5, 0.6) is 5.75 Å². The number of rotatable bonds is 4. The zero-order valence-electron chi connectivity index (χ0n) is 12.9. The lowest BCUT2D eigenvalue weighted by molar-refractivity contribution is 0.431. The third-order valence-corrected chi connectivity index (χ3v) is 3.24. The molecular formula is C16H20FN3O2. The van der Waals surface area contributed by atoms with Gasteiger partial charge < -0.3 is 20.2 Å². The first-order valence-corrected chi connectivity index (χ1v) is 7.00. The van der Waals surface area contributed by atoms with Gasteiger partial charge in [-0.05, 0) is 43.7 Å². The summed E-state index contributed by atoms with van der Waals surface area (Å²) in [4.78, 5) is 4.13. The van der Waals surface area contributed by atoms with Crippen molar-refractivity contribution < 1.29 is 13.9 Å². The molecule has 0 amide bonds. The van der Waals surface area contributed by atoms with E-state index in [1.807, 2.05) is 26.0 Å². The lowest BCUT2D eigenvalue weighted by atomic mass is 10.2. The van der Waals surface area contributed by atoms with Crippen LogP contribution in [-0.4, -0.2) is 18.1 Å². The van der Waals surface area contributed by atoms with Gasteiger partial charge in [0.05, 0.1) is 6.04 Å². The van der Waals surface area contributed by atoms with Gasteiger partial charge in [0.15, 0.2) is 17.5 Å². The van der Waals surface area contributed by atoms with Crippen molar-refractivity contribution in [2.24, 2.45) is 4.99 Å². The maximum Gasteiger partial charge on any atom is 0.191 e. The average molecular weight is 305 g/mol. The highest BCUT2D eigenvalue weighted by Gasteiger charge is 2.11. The van der Waals surface area contributed by atoms with Gasteiger partial charge in [-0.1, -0.05) is 6.07 Å². The first kappa shape index (κ1) is 15.9. The minimum Gasteiger partial charge on any atom is -0.505 e. The average Bonchev–Trinajstić information content (AvgIpc) is 2.93. The van der Waals surface area contributed by atoms with Gasteiger partial charge in [-0.15, -0.1) is 0 Å². The quantitative estimate of drug-likeness (QED) is 0.600. The zero-order chi connectivity index (χ0) is 16.1. The molecule has 0 bridgehead atoms. The summed E-state index contributed by atoms with van der Waals surface area (Å²) in [6.07, 6.45) is 0. The molecule has 0 spiro atoms. The molecule has 2 rings (SSSR count). The Kier molecular flexibility index (Phi) is 5.04. The second-order valence-corrected chi connectivity index (χ2v) is 5.03. The molecule has 5 nitrogen and oxygen atoms in total. The van der Waals surface area contributed by atoms with Crippen LogP contribution < -0.4 is 10.6 Å². The van der Waals surface area contributed by atoms with Crippen molar-refractivity contribution in [3.63, 3.8) is 0 Å². The summed E-state index contributed by atoms with van der Waals surface area (Å²) in [7, 11) is 1.66. The highest BCUT2D eigenvalue weighted by atomic mass is 19.1. The van der Waals surface area contributed by atoms with Gasteiger partial charge in [-0.25, -0.2) is 4.39 Å². The van der Waals surface area contributed by atoms with Crippen LogP contribution in [0.1, 0.15) is 30.0 Å². The van der Waals surface area contributed by atoms with Crippen LogP contribution >= 0.6 is 0 Å². The van der Waals surface area contributed by atoms with E-state index in [0.29, 0.717) is 18.1 Å². The molecule has 6 heteroatoms. The van der Waals surface area contributed by atoms with E-state index in [4.69, 9.17) is 4.42 Å². The molecular weight excluding hydrogens is 285 g/mol. The Bertz CT molecular complexity index is 667. The van der Waals surface area contributed by atoms with Crippen LogP contribution in [0.15, 0.2) is 39.7 Å². The molecule has 1 aromatic carbocycles. The molecule has 3 N–H and O–H groups in total. The minimum absolute atomic E-state index is 0.0450. The lowest BCUT2D eigenvalue weighted by Gasteiger charge is -2.16. The number of nitrogens with one attached hydrogen (secondary N) is 2. The fourth-order valence-corrected chi connectivity index (χ4v) is 2.00. The Hall–Kier alpha value is -2.50. The van der Waals surface area contributed by atoms with Crippen LogP contribution in [0.2, 0.25) is 0 Å². The summed E-state index contributed by atoms with van der Waals surface area (Å²) < 4.78 is 18.8. The Morgan fingerprint density at radius 2 is 2.14 bits per heavy atom. The number of benzene rings is 1. The number of halogens is 1. The molecule has 1 aromatic heterocycles. The van der Waals surface area contributed by atoms with Crippen molar-refractivity contribution in [1.29, 1.82) is 0 Å². The van der Waals surface area contributed by atoms with Crippen molar-refractivity contribution in [1.82, 2.24) is 10.6 Å². The summed E-state index contributed by atoms with van der Waals surface area (Å²) in [5.41, 5.74) is 0.708. The molecule has 0 fully saturated rings. The number of phenols is 1. The second-order valence-electron chi connectivity index (χ2n) is 5.03. The summed E-state index contributed by atoms with van der Waals surface area (Å²) in [5.74, 6) is 1.26. The number of aliphatic imine (C=N–C) groups is 1. The zero-order valence-corrected chi connectivity index (χ0v) is 12.9. The van der Waals surface area contributed by atoms with Crippen molar-refractivity contribution in [2.45, 2.75) is 26.4 Å². The maximum absolute atomic E-state index is 13.3. The highest BCUT2D eigenvalue weighted by molar-refractivity contribution is 5.80. The van der Waals surface area contributed by atoms with E-state index in [-0.39, 0.29) is 11.8 Å². The van der Waals surface area contributed by atoms with E-state index in [0.717, 1.165) is 11.5 Å². The summed E-state index contributed by atoms with van der Waals surface area (Å²) >= 11 is 0. The lowest BCUT2D eigenvalue weighted by Crippen LogP contribution is -2.38. The Morgan fingerprint density at radius 3 is 2.73 bits per heavy atom. The Labute approximate surface area is 128 Å². The SMILES string of the molecule is CN=C(NCc1ccc(O)c(F)c1)NC(C)c1ccc(C)o1. The standard InChI is InChI=1S/C16H20FN3O2/c1-10-4-7-15(22-10)11(2)20-16(18-3)19-9-12-5-6-14(21)13(17)8-12/h4-8,11,21H,9H2,1-3H3,(H2,18,19,20). The van der Waals surface area contributed by atoms with E-state index >= 15 is 0 Å². The molecule has 0 saturated carbocycles. The second kappa shape index (κ2) is 6.98. The van der Waals surface area contributed by atoms with Gasteiger partial charge in [-0.3, -0.25) is 4.99 Å². The van der Waals surface area contributed by atoms with Gasteiger partial charge in [0, 0.05) is 13.6 Å². The number of aromatic hydroxyl groups is 1. The predicted octanol–water partition coefficient (Wildman–Crippen LogP) is 2.86. The molecule has 22 heavy (non-hydrogen) atoms. The van der Waals surface area contributed by atoms with E-state index in [1.54, 1.807) is 13.1 Å². The van der Waals surface area contributed by atoms with Crippen molar-refractivity contribution in [3.05, 3.63) is 53.2 Å². The topological polar surface area (TPSA) is 69.8 Å². The van der Waals surface area contributed by atoms with Gasteiger partial charge in [0.25, 0.3) is 0 Å². The smallest absolute Gasteiger partial charge is 0.191 e. The summed E-state index contributed by atoms with van der Waals surface area (Å²) in [5, 5.41) is 15.5. The van der Waals surface area contributed by atoms with E-state index in [1.165, 1.54) is 12.1 Å². The molecule has 2 aromatic rings.